The number of anilines is 1. The van der Waals surface area contributed by atoms with Crippen LogP contribution in [-0.4, -0.2) is 6.54 Å². The highest BCUT2D eigenvalue weighted by atomic mass is 16.5. The van der Waals surface area contributed by atoms with Crippen molar-refractivity contribution < 1.29 is 4.74 Å². The second kappa shape index (κ2) is 13.1. The van der Waals surface area contributed by atoms with E-state index in [0.717, 1.165) is 36.4 Å². The lowest BCUT2D eigenvalue weighted by molar-refractivity contribution is 0.333. The number of allylic oxidation sites excluding steroid dienone is 6. The van der Waals surface area contributed by atoms with Crippen LogP contribution in [-0.2, 0) is 4.74 Å². The third-order valence-electron chi connectivity index (χ3n) is 6.41. The first-order valence-corrected chi connectivity index (χ1v) is 12.8. The summed E-state index contributed by atoms with van der Waals surface area (Å²) in [5, 5.41) is 0. The first kappa shape index (κ1) is 25.8. The van der Waals surface area contributed by atoms with Crippen LogP contribution < -0.4 is 4.90 Å². The Morgan fingerprint density at radius 3 is 2.27 bits per heavy atom. The molecule has 0 radical (unpaired) electrons. The summed E-state index contributed by atoms with van der Waals surface area (Å²) in [6.45, 7) is 10.9. The van der Waals surface area contributed by atoms with Crippen molar-refractivity contribution in [3.05, 3.63) is 163 Å². The fourth-order valence-corrected chi connectivity index (χ4v) is 4.33. The smallest absolute Gasteiger partial charge is 0.132 e. The van der Waals surface area contributed by atoms with Gasteiger partial charge in [-0.25, -0.2) is 0 Å². The largest absolute Gasteiger partial charge is 0.458 e. The average Bonchev–Trinajstić information content (AvgIpc) is 3.11. The molecule has 0 N–H and O–H groups in total. The number of rotatable bonds is 9. The first-order valence-electron chi connectivity index (χ1n) is 12.8. The second-order valence-corrected chi connectivity index (χ2v) is 9.18. The number of hydrogen-bond donors (Lipinski definition) is 0. The molecule has 0 spiro atoms. The van der Waals surface area contributed by atoms with Crippen LogP contribution in [0.2, 0.25) is 0 Å². The normalized spacial score (nSPS) is 16.5. The lowest BCUT2D eigenvalue weighted by Gasteiger charge is -2.22. The standard InChI is InChI=1S/C35H35NO/c1-4-14-35-33(21-13-16-29(3)37-35)27-36(26-12-11-15-28(2)30-17-7-5-8-18-30)34-24-22-32(23-25-34)31-19-9-6-10-20-31/h4-14,16-20,22-25,27-28H,1,3,15,21,26H2,2H3/b12-11-,33-27-,35-14+. The van der Waals surface area contributed by atoms with Crippen LogP contribution >= 0.6 is 0 Å². The SMILES string of the molecule is C=C/C=C1/OC(=C)C=CC/C1=C/N(C/C=C\CC(C)c1ccccc1)c1ccc(-c2ccccc2)cc1. The van der Waals surface area contributed by atoms with Crippen molar-refractivity contribution in [1.82, 2.24) is 0 Å². The Bertz CT molecular complexity index is 1290. The Labute approximate surface area is 221 Å². The highest BCUT2D eigenvalue weighted by Gasteiger charge is 2.13. The van der Waals surface area contributed by atoms with E-state index in [2.05, 4.69) is 128 Å². The molecule has 0 saturated heterocycles. The minimum absolute atomic E-state index is 0.475. The van der Waals surface area contributed by atoms with Crippen molar-refractivity contribution in [3.63, 3.8) is 0 Å². The van der Waals surface area contributed by atoms with Crippen LogP contribution in [0.5, 0.6) is 0 Å². The zero-order valence-corrected chi connectivity index (χ0v) is 21.6. The molecule has 4 rings (SSSR count). The molecule has 186 valence electrons. The summed E-state index contributed by atoms with van der Waals surface area (Å²) in [6.07, 6.45) is 16.1. The molecule has 0 aromatic heterocycles. The van der Waals surface area contributed by atoms with Crippen LogP contribution in [0.1, 0.15) is 31.2 Å². The van der Waals surface area contributed by atoms with Crippen LogP contribution in [0, 0.1) is 0 Å². The van der Waals surface area contributed by atoms with Crippen molar-refractivity contribution in [2.75, 3.05) is 11.4 Å². The lowest BCUT2D eigenvalue weighted by Crippen LogP contribution is -2.17. The molecule has 2 nitrogen and oxygen atoms in total. The summed E-state index contributed by atoms with van der Waals surface area (Å²) < 4.78 is 5.98. The van der Waals surface area contributed by atoms with Gasteiger partial charge in [0.25, 0.3) is 0 Å². The molecule has 1 heterocycles. The monoisotopic (exact) mass is 485 g/mol. The molecule has 1 aliphatic rings. The summed E-state index contributed by atoms with van der Waals surface area (Å²) >= 11 is 0. The van der Waals surface area contributed by atoms with E-state index in [1.165, 1.54) is 16.7 Å². The molecule has 0 saturated carbocycles. The van der Waals surface area contributed by atoms with E-state index in [0.29, 0.717) is 11.7 Å². The van der Waals surface area contributed by atoms with Gasteiger partial charge in [0.1, 0.15) is 11.5 Å². The number of ether oxygens (including phenoxy) is 1. The van der Waals surface area contributed by atoms with Gasteiger partial charge in [0.15, 0.2) is 0 Å². The molecule has 1 aliphatic heterocycles. The lowest BCUT2D eigenvalue weighted by atomic mass is 9.98. The van der Waals surface area contributed by atoms with Crippen molar-refractivity contribution in [1.29, 1.82) is 0 Å². The molecular formula is C35H35NO. The topological polar surface area (TPSA) is 12.5 Å². The molecule has 1 atom stereocenters. The molecule has 1 unspecified atom stereocenters. The maximum atomic E-state index is 5.98. The Morgan fingerprint density at radius 1 is 0.892 bits per heavy atom. The molecule has 0 bridgehead atoms. The Kier molecular flexibility index (Phi) is 9.15. The zero-order chi connectivity index (χ0) is 25.9. The van der Waals surface area contributed by atoms with Gasteiger partial charge in [0, 0.05) is 24.0 Å². The van der Waals surface area contributed by atoms with Gasteiger partial charge in [-0.15, -0.1) is 0 Å². The fraction of sp³-hybridized carbons (Fsp3) is 0.143. The third-order valence-corrected chi connectivity index (χ3v) is 6.41. The van der Waals surface area contributed by atoms with Crippen LogP contribution in [0.15, 0.2) is 158 Å². The van der Waals surface area contributed by atoms with Gasteiger partial charge in [-0.3, -0.25) is 0 Å². The minimum atomic E-state index is 0.475. The highest BCUT2D eigenvalue weighted by molar-refractivity contribution is 5.67. The summed E-state index contributed by atoms with van der Waals surface area (Å²) in [5.41, 5.74) is 5.98. The quantitative estimate of drug-likeness (QED) is 0.280. The predicted octanol–water partition coefficient (Wildman–Crippen LogP) is 9.35. The zero-order valence-electron chi connectivity index (χ0n) is 21.6. The summed E-state index contributed by atoms with van der Waals surface area (Å²) in [7, 11) is 0. The Balaban J connectivity index is 1.58. The Morgan fingerprint density at radius 2 is 1.57 bits per heavy atom. The summed E-state index contributed by atoms with van der Waals surface area (Å²) in [5.74, 6) is 1.88. The molecule has 3 aromatic rings. The number of benzene rings is 3. The summed E-state index contributed by atoms with van der Waals surface area (Å²) in [4.78, 5) is 2.27. The van der Waals surface area contributed by atoms with Crippen molar-refractivity contribution in [2.24, 2.45) is 0 Å². The molecule has 2 heteroatoms. The van der Waals surface area contributed by atoms with Crippen molar-refractivity contribution >= 4 is 5.69 Å². The molecule has 0 amide bonds. The second-order valence-electron chi connectivity index (χ2n) is 9.18. The molecule has 0 aliphatic carbocycles. The van der Waals surface area contributed by atoms with Gasteiger partial charge in [-0.1, -0.05) is 117 Å². The van der Waals surface area contributed by atoms with E-state index in [9.17, 15) is 0 Å². The Hall–Kier alpha value is -4.30. The highest BCUT2D eigenvalue weighted by Crippen LogP contribution is 2.28. The van der Waals surface area contributed by atoms with Gasteiger partial charge in [0.05, 0.1) is 0 Å². The van der Waals surface area contributed by atoms with Crippen molar-refractivity contribution in [3.8, 4) is 11.1 Å². The van der Waals surface area contributed by atoms with Crippen LogP contribution in [0.3, 0.4) is 0 Å². The maximum Gasteiger partial charge on any atom is 0.132 e. The van der Waals surface area contributed by atoms with E-state index in [1.54, 1.807) is 6.08 Å². The maximum absolute atomic E-state index is 5.98. The molecular weight excluding hydrogens is 450 g/mol. The minimum Gasteiger partial charge on any atom is -0.458 e. The average molecular weight is 486 g/mol. The molecule has 37 heavy (non-hydrogen) atoms. The summed E-state index contributed by atoms with van der Waals surface area (Å²) in [6, 6.07) is 29.9. The van der Waals surface area contributed by atoms with E-state index in [-0.39, 0.29) is 0 Å². The van der Waals surface area contributed by atoms with Gasteiger partial charge in [-0.05, 0) is 59.7 Å². The van der Waals surface area contributed by atoms with E-state index in [4.69, 9.17) is 4.74 Å². The van der Waals surface area contributed by atoms with Crippen molar-refractivity contribution in [2.45, 2.75) is 25.7 Å². The molecule has 3 aromatic carbocycles. The molecule has 0 fully saturated rings. The van der Waals surface area contributed by atoms with Crippen LogP contribution in [0.4, 0.5) is 5.69 Å². The van der Waals surface area contributed by atoms with Gasteiger partial charge < -0.3 is 9.64 Å². The first-order chi connectivity index (χ1) is 18.1. The number of hydrogen-bond acceptors (Lipinski definition) is 2. The predicted molar refractivity (Wildman–Crippen MR) is 158 cm³/mol. The van der Waals surface area contributed by atoms with Gasteiger partial charge >= 0.3 is 0 Å². The third kappa shape index (κ3) is 7.35. The van der Waals surface area contributed by atoms with E-state index >= 15 is 0 Å². The number of nitrogens with zero attached hydrogens (tertiary/aromatic N) is 1. The van der Waals surface area contributed by atoms with E-state index in [1.807, 2.05) is 18.2 Å². The van der Waals surface area contributed by atoms with Crippen LogP contribution in [0.25, 0.3) is 11.1 Å². The van der Waals surface area contributed by atoms with Gasteiger partial charge in [0.2, 0.25) is 0 Å². The van der Waals surface area contributed by atoms with E-state index < -0.39 is 0 Å². The van der Waals surface area contributed by atoms with Gasteiger partial charge in [-0.2, -0.15) is 0 Å². The fourth-order valence-electron chi connectivity index (χ4n) is 4.33.